The van der Waals surface area contributed by atoms with Gasteiger partial charge in [0.2, 0.25) is 11.8 Å². The highest BCUT2D eigenvalue weighted by molar-refractivity contribution is 5.98. The molecule has 2 bridgehead atoms. The van der Waals surface area contributed by atoms with Crippen LogP contribution in [0.25, 0.3) is 0 Å². The molecule has 8 nitrogen and oxygen atoms in total. The molecule has 3 aliphatic heterocycles. The Morgan fingerprint density at radius 2 is 2.13 bits per heavy atom. The fourth-order valence-corrected chi connectivity index (χ4v) is 6.00. The van der Waals surface area contributed by atoms with Crippen LogP contribution >= 0.6 is 0 Å². The van der Waals surface area contributed by atoms with E-state index in [0.29, 0.717) is 19.4 Å². The third-order valence-corrected chi connectivity index (χ3v) is 7.24. The van der Waals surface area contributed by atoms with Crippen LogP contribution in [0, 0.1) is 11.8 Å². The molecule has 3 aliphatic rings. The van der Waals surface area contributed by atoms with Crippen LogP contribution in [0.3, 0.4) is 0 Å². The normalized spacial score (nSPS) is 34.5. The van der Waals surface area contributed by atoms with Gasteiger partial charge in [-0.3, -0.25) is 14.4 Å². The van der Waals surface area contributed by atoms with Crippen molar-refractivity contribution in [2.45, 2.75) is 76.7 Å². The molecule has 0 saturated carbocycles. The van der Waals surface area contributed by atoms with Crippen molar-refractivity contribution in [3.8, 4) is 0 Å². The third kappa shape index (κ3) is 3.57. The van der Waals surface area contributed by atoms with E-state index >= 15 is 0 Å². The number of aliphatic hydroxyl groups is 1. The molecule has 174 valence electrons. The first-order chi connectivity index (χ1) is 14.7. The van der Waals surface area contributed by atoms with Crippen LogP contribution in [0.15, 0.2) is 12.7 Å². The van der Waals surface area contributed by atoms with Gasteiger partial charge in [-0.05, 0) is 40.0 Å². The van der Waals surface area contributed by atoms with Crippen molar-refractivity contribution in [1.29, 1.82) is 0 Å². The molecule has 3 rings (SSSR count). The minimum Gasteiger partial charge on any atom is -0.466 e. The van der Waals surface area contributed by atoms with Gasteiger partial charge in [-0.1, -0.05) is 19.4 Å². The molecule has 0 radical (unpaired) electrons. The molecular weight excluding hydrogens is 400 g/mol. The number of rotatable bonds is 10. The molecule has 0 aromatic rings. The van der Waals surface area contributed by atoms with Gasteiger partial charge in [-0.15, -0.1) is 6.58 Å². The van der Waals surface area contributed by atoms with Gasteiger partial charge in [0, 0.05) is 19.1 Å². The van der Waals surface area contributed by atoms with Gasteiger partial charge in [0.15, 0.2) is 0 Å². The lowest BCUT2D eigenvalue weighted by molar-refractivity contribution is -0.160. The smallest absolute Gasteiger partial charge is 0.312 e. The van der Waals surface area contributed by atoms with Crippen LogP contribution in [-0.4, -0.2) is 82.3 Å². The van der Waals surface area contributed by atoms with E-state index in [1.807, 2.05) is 13.8 Å². The molecule has 0 aromatic heterocycles. The molecule has 0 aliphatic carbocycles. The van der Waals surface area contributed by atoms with Crippen molar-refractivity contribution >= 4 is 17.8 Å². The molecule has 1 N–H and O–H groups in total. The number of carbonyl (C=O) groups excluding carboxylic acids is 3. The number of likely N-dealkylation sites (tertiary alicyclic amines) is 1. The molecule has 3 heterocycles. The summed E-state index contributed by atoms with van der Waals surface area (Å²) in [5, 5.41) is 9.65. The lowest BCUT2D eigenvalue weighted by atomic mass is 9.66. The predicted molar refractivity (Wildman–Crippen MR) is 114 cm³/mol. The second-order valence-electron chi connectivity index (χ2n) is 9.15. The van der Waals surface area contributed by atoms with E-state index in [-0.39, 0.29) is 37.6 Å². The fourth-order valence-electron chi connectivity index (χ4n) is 6.00. The maximum atomic E-state index is 13.9. The summed E-state index contributed by atoms with van der Waals surface area (Å²) in [6.07, 6.45) is 4.50. The Kier molecular flexibility index (Phi) is 6.81. The number of nitrogens with zero attached hydrogens (tertiary/aromatic N) is 2. The van der Waals surface area contributed by atoms with Gasteiger partial charge in [-0.25, -0.2) is 0 Å². The average molecular weight is 437 g/mol. The summed E-state index contributed by atoms with van der Waals surface area (Å²) in [5.41, 5.74) is -1.92. The van der Waals surface area contributed by atoms with Crippen LogP contribution in [0.4, 0.5) is 0 Å². The average Bonchev–Trinajstić information content (AvgIpc) is 3.28. The Balaban J connectivity index is 2.05. The van der Waals surface area contributed by atoms with Crippen LogP contribution in [0.5, 0.6) is 0 Å². The molecule has 0 aromatic carbocycles. The second-order valence-corrected chi connectivity index (χ2v) is 9.15. The Labute approximate surface area is 184 Å². The molecule has 8 heteroatoms. The molecule has 3 fully saturated rings. The van der Waals surface area contributed by atoms with Crippen LogP contribution in [-0.2, 0) is 23.9 Å². The van der Waals surface area contributed by atoms with Crippen molar-refractivity contribution < 1.29 is 29.0 Å². The summed E-state index contributed by atoms with van der Waals surface area (Å²) in [6, 6.07) is -0.912. The highest BCUT2D eigenvalue weighted by atomic mass is 16.6. The summed E-state index contributed by atoms with van der Waals surface area (Å²) in [6.45, 7) is 11.7. The Morgan fingerprint density at radius 1 is 1.42 bits per heavy atom. The minimum absolute atomic E-state index is 0.0210. The highest BCUT2D eigenvalue weighted by Crippen LogP contribution is 2.63. The predicted octanol–water partition coefficient (Wildman–Crippen LogP) is 1.51. The van der Waals surface area contributed by atoms with E-state index in [9.17, 15) is 19.5 Å². The zero-order valence-corrected chi connectivity index (χ0v) is 19.1. The number of ether oxygens (including phenoxy) is 2. The van der Waals surface area contributed by atoms with Gasteiger partial charge in [0.25, 0.3) is 0 Å². The summed E-state index contributed by atoms with van der Waals surface area (Å²) in [7, 11) is 0. The number of fused-ring (bicyclic) bond motifs is 1. The fraction of sp³-hybridized carbons (Fsp3) is 0.783. The summed E-state index contributed by atoms with van der Waals surface area (Å²) in [5.74, 6) is -2.51. The summed E-state index contributed by atoms with van der Waals surface area (Å²) < 4.78 is 11.8. The number of carbonyl (C=O) groups is 3. The molecular formula is C23H36N2O6. The minimum atomic E-state index is -1.08. The van der Waals surface area contributed by atoms with Crippen molar-refractivity contribution in [1.82, 2.24) is 9.80 Å². The van der Waals surface area contributed by atoms with Crippen molar-refractivity contribution in [2.75, 3.05) is 26.3 Å². The van der Waals surface area contributed by atoms with Crippen LogP contribution < -0.4 is 0 Å². The van der Waals surface area contributed by atoms with E-state index in [1.165, 1.54) is 4.90 Å². The Bertz CT molecular complexity index is 742. The molecule has 31 heavy (non-hydrogen) atoms. The quantitative estimate of drug-likeness (QED) is 0.412. The molecule has 3 saturated heterocycles. The number of esters is 1. The molecule has 2 amide bonds. The zero-order chi connectivity index (χ0) is 23.0. The first kappa shape index (κ1) is 23.7. The Hall–Kier alpha value is -1.93. The van der Waals surface area contributed by atoms with E-state index in [1.54, 1.807) is 17.9 Å². The molecule has 6 atom stereocenters. The van der Waals surface area contributed by atoms with Gasteiger partial charge in [0.05, 0.1) is 24.7 Å². The maximum Gasteiger partial charge on any atom is 0.312 e. The highest BCUT2D eigenvalue weighted by Gasteiger charge is 2.78. The van der Waals surface area contributed by atoms with Gasteiger partial charge in [0.1, 0.15) is 17.6 Å². The van der Waals surface area contributed by atoms with Crippen molar-refractivity contribution in [2.24, 2.45) is 11.8 Å². The summed E-state index contributed by atoms with van der Waals surface area (Å²) >= 11 is 0. The first-order valence-corrected chi connectivity index (χ1v) is 11.4. The first-order valence-electron chi connectivity index (χ1n) is 11.4. The van der Waals surface area contributed by atoms with Gasteiger partial charge < -0.3 is 24.4 Å². The lowest BCUT2D eigenvalue weighted by Gasteiger charge is -2.38. The van der Waals surface area contributed by atoms with Gasteiger partial charge >= 0.3 is 5.97 Å². The zero-order valence-electron chi connectivity index (χ0n) is 19.1. The number of amides is 2. The topological polar surface area (TPSA) is 96.4 Å². The number of hydrogen-bond donors (Lipinski definition) is 1. The monoisotopic (exact) mass is 436 g/mol. The molecule has 1 spiro atoms. The van der Waals surface area contributed by atoms with Crippen LogP contribution in [0.1, 0.15) is 53.4 Å². The van der Waals surface area contributed by atoms with E-state index in [2.05, 4.69) is 13.5 Å². The van der Waals surface area contributed by atoms with Crippen LogP contribution in [0.2, 0.25) is 0 Å². The molecule has 3 unspecified atom stereocenters. The van der Waals surface area contributed by atoms with Crippen molar-refractivity contribution in [3.63, 3.8) is 0 Å². The third-order valence-electron chi connectivity index (χ3n) is 7.24. The standard InChI is InChI=1S/C23H36N2O6/c1-6-9-15(4)24(12-7-2)20(28)18-23-11-10-22(5,31-23)17(21(29)30-8-3)16(23)19(27)25(18)13-14-26/h7,15-18,26H,2,6,8-14H2,1,3-5H3/t15?,16-,17-,18?,22+,23?/m0/s1. The van der Waals surface area contributed by atoms with Crippen molar-refractivity contribution in [3.05, 3.63) is 12.7 Å². The number of hydrogen-bond acceptors (Lipinski definition) is 6. The van der Waals surface area contributed by atoms with Gasteiger partial charge in [-0.2, -0.15) is 0 Å². The maximum absolute atomic E-state index is 13.9. The summed E-state index contributed by atoms with van der Waals surface area (Å²) in [4.78, 5) is 43.5. The van der Waals surface area contributed by atoms with E-state index in [0.717, 1.165) is 12.8 Å². The SMILES string of the molecule is C=CCN(C(=O)C1N(CCO)C(=O)[C@@H]2[C@@H](C(=O)OCC)[C@@]3(C)CCC12O3)C(C)CCC. The van der Waals surface area contributed by atoms with E-state index in [4.69, 9.17) is 9.47 Å². The van der Waals surface area contributed by atoms with E-state index < -0.39 is 35.0 Å². The second kappa shape index (κ2) is 8.90. The number of β-amino-alcohol motifs (C(OH)–C–C–N with tert-alkyl or cyclic N) is 1. The largest absolute Gasteiger partial charge is 0.466 e. The Morgan fingerprint density at radius 3 is 2.71 bits per heavy atom. The lowest BCUT2D eigenvalue weighted by Crippen LogP contribution is -2.58. The number of aliphatic hydroxyl groups excluding tert-OH is 1.